The Balaban J connectivity index is 2.18. The summed E-state index contributed by atoms with van der Waals surface area (Å²) in [6.07, 6.45) is 1.68. The highest BCUT2D eigenvalue weighted by atomic mass is 16.5. The number of aryl methyl sites for hydroxylation is 1. The number of phenols is 1. The molecule has 0 unspecified atom stereocenters. The van der Waals surface area contributed by atoms with Gasteiger partial charge in [-0.1, -0.05) is 18.2 Å². The average Bonchev–Trinajstić information content (AvgIpc) is 2.42. The second-order valence-corrected chi connectivity index (χ2v) is 4.16. The van der Waals surface area contributed by atoms with Gasteiger partial charge in [0.2, 0.25) is 5.91 Å². The SMILES string of the molecule is COC(=O)CCCNC(=O)CCc1ccccc1O. The topological polar surface area (TPSA) is 75.6 Å². The van der Waals surface area contributed by atoms with Gasteiger partial charge in [0, 0.05) is 19.4 Å². The molecule has 1 rings (SSSR count). The lowest BCUT2D eigenvalue weighted by atomic mass is 10.1. The number of carbonyl (C=O) groups excluding carboxylic acids is 2. The third-order valence-corrected chi connectivity index (χ3v) is 2.72. The first-order valence-corrected chi connectivity index (χ1v) is 6.24. The molecule has 5 nitrogen and oxygen atoms in total. The molecular weight excluding hydrogens is 246 g/mol. The van der Waals surface area contributed by atoms with Crippen molar-refractivity contribution in [3.8, 4) is 5.75 Å². The quantitative estimate of drug-likeness (QED) is 0.577. The maximum absolute atomic E-state index is 11.5. The molecule has 0 saturated heterocycles. The Morgan fingerprint density at radius 3 is 2.68 bits per heavy atom. The highest BCUT2D eigenvalue weighted by Gasteiger charge is 2.05. The van der Waals surface area contributed by atoms with Gasteiger partial charge < -0.3 is 15.2 Å². The summed E-state index contributed by atoms with van der Waals surface area (Å²) in [5, 5.41) is 12.3. The molecule has 0 fully saturated rings. The van der Waals surface area contributed by atoms with Crippen LogP contribution in [0.2, 0.25) is 0 Å². The maximum atomic E-state index is 11.5. The third-order valence-electron chi connectivity index (χ3n) is 2.72. The van der Waals surface area contributed by atoms with Crippen molar-refractivity contribution in [3.63, 3.8) is 0 Å². The highest BCUT2D eigenvalue weighted by molar-refractivity contribution is 5.76. The van der Waals surface area contributed by atoms with Gasteiger partial charge in [-0.05, 0) is 24.5 Å². The molecule has 0 aliphatic carbocycles. The number of benzene rings is 1. The van der Waals surface area contributed by atoms with Gasteiger partial charge in [0.1, 0.15) is 5.75 Å². The fraction of sp³-hybridized carbons (Fsp3) is 0.429. The molecule has 0 bridgehead atoms. The van der Waals surface area contributed by atoms with Gasteiger partial charge >= 0.3 is 5.97 Å². The predicted molar refractivity (Wildman–Crippen MR) is 70.7 cm³/mol. The number of phenolic OH excluding ortho intramolecular Hbond substituents is 1. The van der Waals surface area contributed by atoms with Crippen molar-refractivity contribution in [1.29, 1.82) is 0 Å². The van der Waals surface area contributed by atoms with E-state index in [9.17, 15) is 14.7 Å². The Morgan fingerprint density at radius 2 is 2.00 bits per heavy atom. The fourth-order valence-corrected chi connectivity index (χ4v) is 1.62. The minimum absolute atomic E-state index is 0.0897. The molecule has 0 aromatic heterocycles. The summed E-state index contributed by atoms with van der Waals surface area (Å²) in [4.78, 5) is 22.4. The minimum atomic E-state index is -0.275. The first kappa shape index (κ1) is 15.0. The molecule has 0 heterocycles. The molecule has 0 radical (unpaired) electrons. The summed E-state index contributed by atoms with van der Waals surface area (Å²) in [7, 11) is 1.34. The molecule has 2 N–H and O–H groups in total. The van der Waals surface area contributed by atoms with Crippen LogP contribution in [-0.4, -0.2) is 30.6 Å². The van der Waals surface area contributed by atoms with Crippen LogP contribution in [0.4, 0.5) is 0 Å². The Kier molecular flexibility index (Phi) is 6.43. The number of amides is 1. The predicted octanol–water partition coefficient (Wildman–Crippen LogP) is 1.39. The summed E-state index contributed by atoms with van der Waals surface area (Å²) in [5.41, 5.74) is 0.757. The van der Waals surface area contributed by atoms with E-state index in [2.05, 4.69) is 10.1 Å². The van der Waals surface area contributed by atoms with Crippen molar-refractivity contribution in [3.05, 3.63) is 29.8 Å². The number of ether oxygens (including phenoxy) is 1. The zero-order valence-corrected chi connectivity index (χ0v) is 11.0. The second-order valence-electron chi connectivity index (χ2n) is 4.16. The summed E-state index contributed by atoms with van der Waals surface area (Å²) < 4.78 is 4.50. The van der Waals surface area contributed by atoms with E-state index < -0.39 is 0 Å². The van der Waals surface area contributed by atoms with E-state index >= 15 is 0 Å². The van der Waals surface area contributed by atoms with Crippen molar-refractivity contribution in [2.75, 3.05) is 13.7 Å². The monoisotopic (exact) mass is 265 g/mol. The summed E-state index contributed by atoms with van der Waals surface area (Å²) >= 11 is 0. The van der Waals surface area contributed by atoms with Gasteiger partial charge in [-0.15, -0.1) is 0 Å². The number of para-hydroxylation sites is 1. The molecular formula is C14H19NO4. The van der Waals surface area contributed by atoms with Crippen LogP contribution in [0.5, 0.6) is 5.75 Å². The van der Waals surface area contributed by atoms with E-state index in [-0.39, 0.29) is 17.6 Å². The van der Waals surface area contributed by atoms with Gasteiger partial charge in [-0.2, -0.15) is 0 Å². The smallest absolute Gasteiger partial charge is 0.305 e. The van der Waals surface area contributed by atoms with Gasteiger partial charge in [0.15, 0.2) is 0 Å². The van der Waals surface area contributed by atoms with Crippen molar-refractivity contribution in [2.45, 2.75) is 25.7 Å². The number of rotatable bonds is 7. The van der Waals surface area contributed by atoms with E-state index in [1.54, 1.807) is 18.2 Å². The van der Waals surface area contributed by atoms with Crippen molar-refractivity contribution in [2.24, 2.45) is 0 Å². The Labute approximate surface area is 112 Å². The molecule has 1 amide bonds. The zero-order chi connectivity index (χ0) is 14.1. The van der Waals surface area contributed by atoms with Crippen LogP contribution in [-0.2, 0) is 20.7 Å². The number of esters is 1. The number of aromatic hydroxyl groups is 1. The lowest BCUT2D eigenvalue weighted by Crippen LogP contribution is -2.25. The summed E-state index contributed by atoms with van der Waals surface area (Å²) in [6, 6.07) is 6.96. The Morgan fingerprint density at radius 1 is 1.26 bits per heavy atom. The molecule has 0 spiro atoms. The van der Waals surface area contributed by atoms with Gasteiger partial charge in [0.05, 0.1) is 7.11 Å². The van der Waals surface area contributed by atoms with Gasteiger partial charge in [-0.3, -0.25) is 9.59 Å². The van der Waals surface area contributed by atoms with Crippen LogP contribution >= 0.6 is 0 Å². The molecule has 1 aromatic rings. The van der Waals surface area contributed by atoms with Crippen LogP contribution in [0.3, 0.4) is 0 Å². The standard InChI is InChI=1S/C14H19NO4/c1-19-14(18)7-4-10-15-13(17)9-8-11-5-2-3-6-12(11)16/h2-3,5-6,16H,4,7-10H2,1H3,(H,15,17). The van der Waals surface area contributed by atoms with Crippen LogP contribution in [0.15, 0.2) is 24.3 Å². The fourth-order valence-electron chi connectivity index (χ4n) is 1.62. The van der Waals surface area contributed by atoms with Crippen molar-refractivity contribution < 1.29 is 19.4 Å². The molecule has 19 heavy (non-hydrogen) atoms. The highest BCUT2D eigenvalue weighted by Crippen LogP contribution is 2.16. The molecule has 0 aliphatic heterocycles. The Bertz CT molecular complexity index is 431. The van der Waals surface area contributed by atoms with Crippen LogP contribution in [0, 0.1) is 0 Å². The van der Waals surface area contributed by atoms with Gasteiger partial charge in [0.25, 0.3) is 0 Å². The van der Waals surface area contributed by atoms with E-state index in [1.807, 2.05) is 6.07 Å². The number of carbonyl (C=O) groups is 2. The van der Waals surface area contributed by atoms with Crippen LogP contribution in [0.25, 0.3) is 0 Å². The van der Waals surface area contributed by atoms with Crippen LogP contribution < -0.4 is 5.32 Å². The maximum Gasteiger partial charge on any atom is 0.305 e. The van der Waals surface area contributed by atoms with E-state index in [1.165, 1.54) is 7.11 Å². The normalized spacial score (nSPS) is 9.95. The molecule has 5 heteroatoms. The van der Waals surface area contributed by atoms with Gasteiger partial charge in [-0.25, -0.2) is 0 Å². The summed E-state index contributed by atoms with van der Waals surface area (Å²) in [6.45, 7) is 0.453. The third kappa shape index (κ3) is 5.90. The first-order valence-electron chi connectivity index (χ1n) is 6.24. The average molecular weight is 265 g/mol. The second kappa shape index (κ2) is 8.13. The molecule has 0 saturated carbocycles. The number of hydrogen-bond donors (Lipinski definition) is 2. The molecule has 0 aliphatic rings. The van der Waals surface area contributed by atoms with E-state index in [0.29, 0.717) is 32.2 Å². The summed E-state index contributed by atoms with van der Waals surface area (Å²) in [5.74, 6) is -0.155. The first-order chi connectivity index (χ1) is 9.13. The zero-order valence-electron chi connectivity index (χ0n) is 11.0. The molecule has 104 valence electrons. The lowest BCUT2D eigenvalue weighted by molar-refractivity contribution is -0.140. The van der Waals surface area contributed by atoms with Crippen molar-refractivity contribution in [1.82, 2.24) is 5.32 Å². The lowest BCUT2D eigenvalue weighted by Gasteiger charge is -2.06. The molecule has 1 aromatic carbocycles. The number of methoxy groups -OCH3 is 1. The number of nitrogens with one attached hydrogen (secondary N) is 1. The largest absolute Gasteiger partial charge is 0.508 e. The minimum Gasteiger partial charge on any atom is -0.508 e. The number of hydrogen-bond acceptors (Lipinski definition) is 4. The molecule has 0 atom stereocenters. The van der Waals surface area contributed by atoms with Crippen LogP contribution in [0.1, 0.15) is 24.8 Å². The van der Waals surface area contributed by atoms with Crippen molar-refractivity contribution >= 4 is 11.9 Å². The Hall–Kier alpha value is -2.04. The van der Waals surface area contributed by atoms with E-state index in [0.717, 1.165) is 5.56 Å². The van der Waals surface area contributed by atoms with E-state index in [4.69, 9.17) is 0 Å².